The SMILES string of the molecule is Cc1c2c(nn1C)C(C)CCC2. The Morgan fingerprint density at radius 2 is 2.25 bits per heavy atom. The Morgan fingerprint density at radius 3 is 2.92 bits per heavy atom. The summed E-state index contributed by atoms with van der Waals surface area (Å²) in [4.78, 5) is 0. The van der Waals surface area contributed by atoms with Gasteiger partial charge in [-0.3, -0.25) is 4.68 Å². The van der Waals surface area contributed by atoms with Gasteiger partial charge >= 0.3 is 0 Å². The van der Waals surface area contributed by atoms with E-state index < -0.39 is 0 Å². The van der Waals surface area contributed by atoms with Crippen molar-refractivity contribution in [3.63, 3.8) is 0 Å². The Labute approximate surface area is 73.6 Å². The van der Waals surface area contributed by atoms with Gasteiger partial charge in [-0.2, -0.15) is 5.10 Å². The van der Waals surface area contributed by atoms with Crippen molar-refractivity contribution >= 4 is 0 Å². The second-order valence-corrected chi connectivity index (χ2v) is 3.87. The molecule has 1 heterocycles. The van der Waals surface area contributed by atoms with Crippen molar-refractivity contribution in [3.05, 3.63) is 17.0 Å². The lowest BCUT2D eigenvalue weighted by molar-refractivity contribution is 0.572. The molecule has 0 spiro atoms. The fourth-order valence-corrected chi connectivity index (χ4v) is 2.10. The summed E-state index contributed by atoms with van der Waals surface area (Å²) < 4.78 is 2.02. The molecule has 1 aromatic rings. The molecule has 12 heavy (non-hydrogen) atoms. The molecule has 0 aromatic carbocycles. The largest absolute Gasteiger partial charge is 0.272 e. The van der Waals surface area contributed by atoms with Gasteiger partial charge in [0, 0.05) is 18.7 Å². The highest BCUT2D eigenvalue weighted by atomic mass is 15.3. The maximum absolute atomic E-state index is 4.55. The third-order valence-electron chi connectivity index (χ3n) is 3.02. The van der Waals surface area contributed by atoms with E-state index in [-0.39, 0.29) is 0 Å². The average molecular weight is 164 g/mol. The zero-order valence-electron chi connectivity index (χ0n) is 8.09. The quantitative estimate of drug-likeness (QED) is 0.574. The minimum atomic E-state index is 0.675. The molecule has 0 radical (unpaired) electrons. The first-order chi connectivity index (χ1) is 5.70. The molecule has 1 aliphatic rings. The van der Waals surface area contributed by atoms with Crippen LogP contribution in [-0.2, 0) is 13.5 Å². The highest BCUT2D eigenvalue weighted by Crippen LogP contribution is 2.31. The van der Waals surface area contributed by atoms with Crippen LogP contribution in [0.4, 0.5) is 0 Å². The molecule has 2 rings (SSSR count). The van der Waals surface area contributed by atoms with E-state index in [1.807, 2.05) is 11.7 Å². The zero-order chi connectivity index (χ0) is 8.72. The fourth-order valence-electron chi connectivity index (χ4n) is 2.10. The second kappa shape index (κ2) is 2.61. The van der Waals surface area contributed by atoms with Gasteiger partial charge in [0.1, 0.15) is 0 Å². The molecule has 0 N–H and O–H groups in total. The molecule has 2 heteroatoms. The molecule has 0 amide bonds. The van der Waals surface area contributed by atoms with E-state index >= 15 is 0 Å². The normalized spacial score (nSPS) is 22.4. The second-order valence-electron chi connectivity index (χ2n) is 3.87. The van der Waals surface area contributed by atoms with Crippen molar-refractivity contribution in [1.29, 1.82) is 0 Å². The van der Waals surface area contributed by atoms with Gasteiger partial charge in [-0.25, -0.2) is 0 Å². The standard InChI is InChI=1S/C10H16N2/c1-7-5-4-6-9-8(2)12(3)11-10(7)9/h7H,4-6H2,1-3H3. The zero-order valence-corrected chi connectivity index (χ0v) is 8.09. The third kappa shape index (κ3) is 0.977. The lowest BCUT2D eigenvalue weighted by atomic mass is 9.88. The number of aryl methyl sites for hydroxylation is 1. The molecule has 0 saturated carbocycles. The molecule has 1 aromatic heterocycles. The van der Waals surface area contributed by atoms with Crippen molar-refractivity contribution in [2.45, 2.75) is 39.0 Å². The first-order valence-corrected chi connectivity index (χ1v) is 4.72. The van der Waals surface area contributed by atoms with Gasteiger partial charge in [0.25, 0.3) is 0 Å². The topological polar surface area (TPSA) is 17.8 Å². The molecule has 0 aliphatic heterocycles. The molecular weight excluding hydrogens is 148 g/mol. The van der Waals surface area contributed by atoms with Crippen LogP contribution in [0.2, 0.25) is 0 Å². The summed E-state index contributed by atoms with van der Waals surface area (Å²) in [5.74, 6) is 0.675. The van der Waals surface area contributed by atoms with Crippen LogP contribution < -0.4 is 0 Å². The van der Waals surface area contributed by atoms with Crippen LogP contribution in [0.5, 0.6) is 0 Å². The predicted octanol–water partition coefficient (Wildman–Crippen LogP) is 2.17. The maximum Gasteiger partial charge on any atom is 0.0687 e. The first-order valence-electron chi connectivity index (χ1n) is 4.72. The van der Waals surface area contributed by atoms with Crippen molar-refractivity contribution in [1.82, 2.24) is 9.78 Å². The van der Waals surface area contributed by atoms with Gasteiger partial charge in [0.15, 0.2) is 0 Å². The Morgan fingerprint density at radius 1 is 1.50 bits per heavy atom. The van der Waals surface area contributed by atoms with Crippen molar-refractivity contribution in [2.24, 2.45) is 7.05 Å². The summed E-state index contributed by atoms with van der Waals surface area (Å²) in [5.41, 5.74) is 4.22. The minimum Gasteiger partial charge on any atom is -0.272 e. The molecule has 1 atom stereocenters. The number of aromatic nitrogens is 2. The monoisotopic (exact) mass is 164 g/mol. The van der Waals surface area contributed by atoms with Crippen LogP contribution in [0, 0.1) is 6.92 Å². The van der Waals surface area contributed by atoms with Crippen LogP contribution in [-0.4, -0.2) is 9.78 Å². The van der Waals surface area contributed by atoms with Crippen molar-refractivity contribution in [3.8, 4) is 0 Å². The van der Waals surface area contributed by atoms with E-state index in [1.165, 1.54) is 36.2 Å². The van der Waals surface area contributed by atoms with Gasteiger partial charge in [0.2, 0.25) is 0 Å². The third-order valence-corrected chi connectivity index (χ3v) is 3.02. The van der Waals surface area contributed by atoms with Crippen LogP contribution in [0.3, 0.4) is 0 Å². The number of rotatable bonds is 0. The van der Waals surface area contributed by atoms with Gasteiger partial charge in [-0.15, -0.1) is 0 Å². The van der Waals surface area contributed by atoms with Crippen LogP contribution in [0.1, 0.15) is 42.6 Å². The lowest BCUT2D eigenvalue weighted by Gasteiger charge is -2.16. The maximum atomic E-state index is 4.55. The Kier molecular flexibility index (Phi) is 1.71. The van der Waals surface area contributed by atoms with Crippen LogP contribution in [0.15, 0.2) is 0 Å². The summed E-state index contributed by atoms with van der Waals surface area (Å²) in [6, 6.07) is 0. The summed E-state index contributed by atoms with van der Waals surface area (Å²) in [5, 5.41) is 4.55. The molecule has 2 nitrogen and oxygen atoms in total. The average Bonchev–Trinajstić information content (AvgIpc) is 2.32. The van der Waals surface area contributed by atoms with Crippen LogP contribution in [0.25, 0.3) is 0 Å². The van der Waals surface area contributed by atoms with Gasteiger partial charge in [-0.1, -0.05) is 6.92 Å². The summed E-state index contributed by atoms with van der Waals surface area (Å²) in [7, 11) is 2.04. The Bertz CT molecular complexity index is 299. The van der Waals surface area contributed by atoms with Gasteiger partial charge in [0.05, 0.1) is 5.69 Å². The molecule has 0 saturated heterocycles. The highest BCUT2D eigenvalue weighted by Gasteiger charge is 2.21. The Balaban J connectivity index is 2.52. The summed E-state index contributed by atoms with van der Waals surface area (Å²) >= 11 is 0. The molecule has 0 bridgehead atoms. The van der Waals surface area contributed by atoms with E-state index in [9.17, 15) is 0 Å². The van der Waals surface area contributed by atoms with E-state index in [1.54, 1.807) is 0 Å². The lowest BCUT2D eigenvalue weighted by Crippen LogP contribution is -2.05. The van der Waals surface area contributed by atoms with Gasteiger partial charge in [-0.05, 0) is 31.7 Å². The predicted molar refractivity (Wildman–Crippen MR) is 49.3 cm³/mol. The molecule has 66 valence electrons. The highest BCUT2D eigenvalue weighted by molar-refractivity contribution is 5.30. The van der Waals surface area contributed by atoms with E-state index in [0.717, 1.165) is 0 Å². The number of fused-ring (bicyclic) bond motifs is 1. The van der Waals surface area contributed by atoms with Gasteiger partial charge < -0.3 is 0 Å². The number of hydrogen-bond donors (Lipinski definition) is 0. The molecule has 1 aliphatic carbocycles. The smallest absolute Gasteiger partial charge is 0.0687 e. The van der Waals surface area contributed by atoms with Crippen molar-refractivity contribution < 1.29 is 0 Å². The summed E-state index contributed by atoms with van der Waals surface area (Å²) in [6.45, 7) is 4.45. The van der Waals surface area contributed by atoms with E-state index in [2.05, 4.69) is 18.9 Å². The molecule has 1 unspecified atom stereocenters. The first kappa shape index (κ1) is 7.84. The number of hydrogen-bond acceptors (Lipinski definition) is 1. The summed E-state index contributed by atoms with van der Waals surface area (Å²) in [6.07, 6.45) is 3.88. The van der Waals surface area contributed by atoms with Crippen molar-refractivity contribution in [2.75, 3.05) is 0 Å². The minimum absolute atomic E-state index is 0.675. The fraction of sp³-hybridized carbons (Fsp3) is 0.700. The van der Waals surface area contributed by atoms with E-state index in [0.29, 0.717) is 5.92 Å². The molecular formula is C10H16N2. The Hall–Kier alpha value is -0.790. The number of nitrogens with zero attached hydrogens (tertiary/aromatic N) is 2. The van der Waals surface area contributed by atoms with E-state index in [4.69, 9.17) is 0 Å². The van der Waals surface area contributed by atoms with Crippen LogP contribution >= 0.6 is 0 Å². The molecule has 0 fully saturated rings.